The van der Waals surface area contributed by atoms with Gasteiger partial charge in [0.25, 0.3) is 0 Å². The van der Waals surface area contributed by atoms with E-state index in [-0.39, 0.29) is 25.7 Å². The van der Waals surface area contributed by atoms with Crippen molar-refractivity contribution in [1.82, 2.24) is 0 Å². The highest BCUT2D eigenvalue weighted by Crippen LogP contribution is 2.38. The molecule has 0 aromatic heterocycles. The Morgan fingerprint density at radius 2 is 2.07 bits per heavy atom. The van der Waals surface area contributed by atoms with Gasteiger partial charge in [0.1, 0.15) is 6.04 Å². The Kier molecular flexibility index (Phi) is 3.47. The van der Waals surface area contributed by atoms with E-state index in [0.717, 1.165) is 0 Å². The second-order valence-electron chi connectivity index (χ2n) is 3.68. The molecular weight excluding hydrogens is 208 g/mol. The van der Waals surface area contributed by atoms with Crippen molar-refractivity contribution in [3.05, 3.63) is 10.4 Å². The molecule has 0 heterocycles. The number of azide groups is 1. The number of halogens is 2. The normalized spacial score (nSPS) is 22.8. The monoisotopic (exact) mass is 219 g/mol. The molecule has 1 N–H and O–H groups in total. The van der Waals surface area contributed by atoms with Gasteiger partial charge in [0.05, 0.1) is 0 Å². The molecule has 0 unspecified atom stereocenters. The van der Waals surface area contributed by atoms with Crippen LogP contribution in [0.25, 0.3) is 10.4 Å². The number of aliphatic carboxylic acids is 1. The number of carbonyl (C=O) groups is 1. The molecule has 0 spiro atoms. The second kappa shape index (κ2) is 4.44. The van der Waals surface area contributed by atoms with Gasteiger partial charge < -0.3 is 5.11 Å². The van der Waals surface area contributed by atoms with Gasteiger partial charge in [0, 0.05) is 17.8 Å². The maximum Gasteiger partial charge on any atom is 0.312 e. The van der Waals surface area contributed by atoms with Gasteiger partial charge in [-0.1, -0.05) is 5.11 Å². The summed E-state index contributed by atoms with van der Waals surface area (Å²) in [6, 6.07) is -1.22. The number of carboxylic acids is 1. The van der Waals surface area contributed by atoms with Gasteiger partial charge in [-0.3, -0.25) is 4.79 Å². The van der Waals surface area contributed by atoms with Crippen LogP contribution in [0.5, 0.6) is 0 Å². The lowest BCUT2D eigenvalue weighted by Crippen LogP contribution is -2.34. The van der Waals surface area contributed by atoms with Crippen LogP contribution in [0.3, 0.4) is 0 Å². The largest absolute Gasteiger partial charge is 0.481 e. The molecule has 0 radical (unpaired) electrons. The molecular formula is C8H11F2N3O2. The molecule has 1 fully saturated rings. The highest BCUT2D eigenvalue weighted by molar-refractivity contribution is 5.74. The Labute approximate surface area is 84.7 Å². The third-order valence-corrected chi connectivity index (χ3v) is 2.64. The minimum Gasteiger partial charge on any atom is -0.481 e. The second-order valence-corrected chi connectivity index (χ2v) is 3.68. The summed E-state index contributed by atoms with van der Waals surface area (Å²) < 4.78 is 25.6. The van der Waals surface area contributed by atoms with Crippen molar-refractivity contribution < 1.29 is 18.7 Å². The molecule has 7 heteroatoms. The van der Waals surface area contributed by atoms with Crippen molar-refractivity contribution >= 4 is 5.97 Å². The molecule has 5 nitrogen and oxygen atoms in total. The van der Waals surface area contributed by atoms with E-state index in [9.17, 15) is 13.6 Å². The summed E-state index contributed by atoms with van der Waals surface area (Å²) in [5.41, 5.74) is 8.17. The van der Waals surface area contributed by atoms with Gasteiger partial charge in [-0.15, -0.1) is 0 Å². The van der Waals surface area contributed by atoms with Gasteiger partial charge in [0.2, 0.25) is 5.92 Å². The van der Waals surface area contributed by atoms with Crippen LogP contribution in [0.4, 0.5) is 8.78 Å². The SMILES string of the molecule is [N-]=[N+]=N[C@H](C(=O)O)C1CCC(F)(F)CC1. The molecule has 0 saturated heterocycles. The molecule has 1 aliphatic carbocycles. The molecule has 1 saturated carbocycles. The first-order valence-electron chi connectivity index (χ1n) is 4.61. The topological polar surface area (TPSA) is 86.1 Å². The maximum absolute atomic E-state index is 12.8. The van der Waals surface area contributed by atoms with Crippen molar-refractivity contribution in [3.63, 3.8) is 0 Å². The maximum atomic E-state index is 12.8. The quantitative estimate of drug-likeness (QED) is 0.449. The number of carboxylic acid groups (broad SMARTS) is 1. The highest BCUT2D eigenvalue weighted by Gasteiger charge is 2.39. The summed E-state index contributed by atoms with van der Waals surface area (Å²) in [4.78, 5) is 13.1. The van der Waals surface area contributed by atoms with E-state index in [0.29, 0.717) is 0 Å². The van der Waals surface area contributed by atoms with Crippen LogP contribution in [0.2, 0.25) is 0 Å². The van der Waals surface area contributed by atoms with Gasteiger partial charge in [0.15, 0.2) is 0 Å². The Bertz CT molecular complexity index is 290. The lowest BCUT2D eigenvalue weighted by atomic mass is 9.82. The minimum absolute atomic E-state index is 0.0863. The fraction of sp³-hybridized carbons (Fsp3) is 0.875. The summed E-state index contributed by atoms with van der Waals surface area (Å²) in [7, 11) is 0. The number of hydrogen-bond donors (Lipinski definition) is 1. The van der Waals surface area contributed by atoms with E-state index >= 15 is 0 Å². The molecule has 0 bridgehead atoms. The average molecular weight is 219 g/mol. The number of rotatable bonds is 3. The first-order chi connectivity index (χ1) is 6.96. The summed E-state index contributed by atoms with van der Waals surface area (Å²) in [6.45, 7) is 0. The van der Waals surface area contributed by atoms with Crippen molar-refractivity contribution in [3.8, 4) is 0 Å². The van der Waals surface area contributed by atoms with E-state index in [1.165, 1.54) is 0 Å². The molecule has 0 aromatic carbocycles. The van der Waals surface area contributed by atoms with Crippen LogP contribution in [-0.4, -0.2) is 23.0 Å². The summed E-state index contributed by atoms with van der Waals surface area (Å²) >= 11 is 0. The Morgan fingerprint density at radius 1 is 1.53 bits per heavy atom. The lowest BCUT2D eigenvalue weighted by molar-refractivity contribution is -0.141. The van der Waals surface area contributed by atoms with E-state index in [1.807, 2.05) is 0 Å². The molecule has 0 aromatic rings. The van der Waals surface area contributed by atoms with E-state index < -0.39 is 23.9 Å². The van der Waals surface area contributed by atoms with Crippen LogP contribution in [0.15, 0.2) is 5.11 Å². The standard InChI is InChI=1S/C8H11F2N3O2/c9-8(10)3-1-5(2-4-8)6(7(14)15)12-13-11/h5-6H,1-4H2,(H,14,15)/t6-/m0/s1. The van der Waals surface area contributed by atoms with Crippen LogP contribution in [0.1, 0.15) is 25.7 Å². The molecule has 84 valence electrons. The van der Waals surface area contributed by atoms with E-state index in [2.05, 4.69) is 10.0 Å². The van der Waals surface area contributed by atoms with Crippen molar-refractivity contribution in [2.45, 2.75) is 37.6 Å². The Hall–Kier alpha value is -1.36. The van der Waals surface area contributed by atoms with Gasteiger partial charge in [-0.2, -0.15) is 0 Å². The molecule has 0 amide bonds. The van der Waals surface area contributed by atoms with Gasteiger partial charge in [-0.05, 0) is 24.3 Å². The number of alkyl halides is 2. The fourth-order valence-electron chi connectivity index (χ4n) is 1.78. The molecule has 1 atom stereocenters. The predicted molar refractivity (Wildman–Crippen MR) is 47.5 cm³/mol. The number of hydrogen-bond acceptors (Lipinski definition) is 2. The minimum atomic E-state index is -2.70. The van der Waals surface area contributed by atoms with Crippen molar-refractivity contribution in [2.24, 2.45) is 11.0 Å². The summed E-state index contributed by atoms with van der Waals surface area (Å²) in [6.07, 6.45) is -0.489. The highest BCUT2D eigenvalue weighted by atomic mass is 19.3. The van der Waals surface area contributed by atoms with E-state index in [1.54, 1.807) is 0 Å². The molecule has 15 heavy (non-hydrogen) atoms. The first kappa shape index (κ1) is 11.7. The van der Waals surface area contributed by atoms with E-state index in [4.69, 9.17) is 10.6 Å². The molecule has 0 aliphatic heterocycles. The summed E-state index contributed by atoms with van der Waals surface area (Å²) in [5, 5.41) is 11.9. The van der Waals surface area contributed by atoms with Crippen LogP contribution < -0.4 is 0 Å². The Morgan fingerprint density at radius 3 is 2.47 bits per heavy atom. The first-order valence-corrected chi connectivity index (χ1v) is 4.61. The molecule has 1 rings (SSSR count). The zero-order valence-electron chi connectivity index (χ0n) is 7.94. The molecule has 1 aliphatic rings. The van der Waals surface area contributed by atoms with Crippen molar-refractivity contribution in [2.75, 3.05) is 0 Å². The van der Waals surface area contributed by atoms with Crippen LogP contribution in [-0.2, 0) is 4.79 Å². The zero-order chi connectivity index (χ0) is 11.5. The zero-order valence-corrected chi connectivity index (χ0v) is 7.94. The fourth-order valence-corrected chi connectivity index (χ4v) is 1.78. The Balaban J connectivity index is 2.64. The average Bonchev–Trinajstić information content (AvgIpc) is 2.14. The van der Waals surface area contributed by atoms with Gasteiger partial charge >= 0.3 is 5.97 Å². The summed E-state index contributed by atoms with van der Waals surface area (Å²) in [5.74, 6) is -4.42. The smallest absolute Gasteiger partial charge is 0.312 e. The lowest BCUT2D eigenvalue weighted by Gasteiger charge is -2.29. The third kappa shape index (κ3) is 3.06. The van der Waals surface area contributed by atoms with Gasteiger partial charge in [-0.25, -0.2) is 8.78 Å². The van der Waals surface area contributed by atoms with Crippen molar-refractivity contribution in [1.29, 1.82) is 0 Å². The van der Waals surface area contributed by atoms with Crippen LogP contribution >= 0.6 is 0 Å². The number of nitrogens with zero attached hydrogens (tertiary/aromatic N) is 3. The third-order valence-electron chi connectivity index (χ3n) is 2.64. The predicted octanol–water partition coefficient (Wildman–Crippen LogP) is 2.58. The van der Waals surface area contributed by atoms with Crippen LogP contribution in [0, 0.1) is 5.92 Å².